The molecule has 0 saturated heterocycles. The second-order valence-corrected chi connectivity index (χ2v) is 5.24. The fraction of sp³-hybridized carbons (Fsp3) is 0.500. The van der Waals surface area contributed by atoms with E-state index in [1.54, 1.807) is 0 Å². The summed E-state index contributed by atoms with van der Waals surface area (Å²) >= 11 is 0. The Labute approximate surface area is 110 Å². The van der Waals surface area contributed by atoms with E-state index in [-0.39, 0.29) is 0 Å². The summed E-state index contributed by atoms with van der Waals surface area (Å²) in [4.78, 5) is 5.91. The number of para-hydroxylation sites is 1. The smallest absolute Gasteiger partial charge is 0.0456 e. The molecule has 1 aromatic heterocycles. The van der Waals surface area contributed by atoms with Crippen LogP contribution in [0.2, 0.25) is 0 Å². The van der Waals surface area contributed by atoms with E-state index in [2.05, 4.69) is 61.1 Å². The lowest BCUT2D eigenvalue weighted by atomic mass is 10.1. The zero-order valence-corrected chi connectivity index (χ0v) is 11.7. The fourth-order valence-corrected chi connectivity index (χ4v) is 2.52. The van der Waals surface area contributed by atoms with E-state index in [1.165, 1.54) is 29.4 Å². The minimum Gasteiger partial charge on any atom is -0.361 e. The van der Waals surface area contributed by atoms with Crippen LogP contribution in [0.3, 0.4) is 0 Å². The molecule has 0 amide bonds. The molecule has 0 aliphatic heterocycles. The maximum Gasteiger partial charge on any atom is 0.0456 e. The minimum absolute atomic E-state index is 0.634. The molecule has 0 radical (unpaired) electrons. The fourth-order valence-electron chi connectivity index (χ4n) is 2.52. The predicted molar refractivity (Wildman–Crippen MR) is 79.0 cm³/mol. The van der Waals surface area contributed by atoms with E-state index >= 15 is 0 Å². The summed E-state index contributed by atoms with van der Waals surface area (Å²) in [6.07, 6.45) is 4.52. The van der Waals surface area contributed by atoms with Crippen molar-refractivity contribution in [1.29, 1.82) is 0 Å². The maximum atomic E-state index is 3.35. The lowest BCUT2D eigenvalue weighted by Gasteiger charge is -2.25. The van der Waals surface area contributed by atoms with Gasteiger partial charge in [0.15, 0.2) is 0 Å². The lowest BCUT2D eigenvalue weighted by molar-refractivity contribution is 0.225. The Hall–Kier alpha value is -1.28. The van der Waals surface area contributed by atoms with Crippen molar-refractivity contribution in [2.45, 2.75) is 39.7 Å². The second-order valence-electron chi connectivity index (χ2n) is 5.24. The molecule has 0 aliphatic carbocycles. The van der Waals surface area contributed by atoms with Gasteiger partial charge in [0.1, 0.15) is 0 Å². The summed E-state index contributed by atoms with van der Waals surface area (Å²) in [5.74, 6) is 0. The third kappa shape index (κ3) is 2.94. The largest absolute Gasteiger partial charge is 0.361 e. The Balaban J connectivity index is 2.05. The SMILES string of the molecule is CCCN(CCc1c[nH]c2ccccc12)C(C)C. The zero-order chi connectivity index (χ0) is 13.0. The van der Waals surface area contributed by atoms with E-state index in [0.717, 1.165) is 13.0 Å². The molecule has 0 fully saturated rings. The van der Waals surface area contributed by atoms with Crippen molar-refractivity contribution in [2.75, 3.05) is 13.1 Å². The molecular formula is C16H24N2. The van der Waals surface area contributed by atoms with Crippen molar-refractivity contribution >= 4 is 10.9 Å². The number of aromatic amines is 1. The van der Waals surface area contributed by atoms with Gasteiger partial charge in [-0.25, -0.2) is 0 Å². The molecule has 0 spiro atoms. The van der Waals surface area contributed by atoms with Gasteiger partial charge in [-0.1, -0.05) is 25.1 Å². The third-order valence-electron chi connectivity index (χ3n) is 3.58. The topological polar surface area (TPSA) is 19.0 Å². The van der Waals surface area contributed by atoms with E-state index in [4.69, 9.17) is 0 Å². The monoisotopic (exact) mass is 244 g/mol. The van der Waals surface area contributed by atoms with Crippen LogP contribution in [0, 0.1) is 0 Å². The Morgan fingerprint density at radius 1 is 1.17 bits per heavy atom. The Morgan fingerprint density at radius 3 is 2.67 bits per heavy atom. The number of aromatic nitrogens is 1. The first-order valence-electron chi connectivity index (χ1n) is 7.01. The Kier molecular flexibility index (Phi) is 4.43. The van der Waals surface area contributed by atoms with Crippen molar-refractivity contribution in [3.8, 4) is 0 Å². The van der Waals surface area contributed by atoms with Gasteiger partial charge in [0.2, 0.25) is 0 Å². The average molecular weight is 244 g/mol. The lowest BCUT2D eigenvalue weighted by Crippen LogP contribution is -2.33. The molecule has 0 atom stereocenters. The summed E-state index contributed by atoms with van der Waals surface area (Å²) in [6.45, 7) is 9.16. The number of H-pyrrole nitrogens is 1. The molecule has 1 aromatic carbocycles. The van der Waals surface area contributed by atoms with E-state index in [9.17, 15) is 0 Å². The molecular weight excluding hydrogens is 220 g/mol. The zero-order valence-electron chi connectivity index (χ0n) is 11.7. The summed E-state index contributed by atoms with van der Waals surface area (Å²) in [5, 5.41) is 1.37. The van der Waals surface area contributed by atoms with E-state index < -0.39 is 0 Å². The van der Waals surface area contributed by atoms with Crippen molar-refractivity contribution in [3.05, 3.63) is 36.0 Å². The van der Waals surface area contributed by atoms with Crippen LogP contribution in [0.15, 0.2) is 30.5 Å². The quantitative estimate of drug-likeness (QED) is 0.818. The molecule has 0 bridgehead atoms. The van der Waals surface area contributed by atoms with Gasteiger partial charge >= 0.3 is 0 Å². The van der Waals surface area contributed by atoms with Crippen molar-refractivity contribution in [3.63, 3.8) is 0 Å². The molecule has 1 heterocycles. The molecule has 98 valence electrons. The van der Waals surface area contributed by atoms with Crippen molar-refractivity contribution in [1.82, 2.24) is 9.88 Å². The first kappa shape index (κ1) is 13.2. The number of hydrogen-bond donors (Lipinski definition) is 1. The number of rotatable bonds is 6. The predicted octanol–water partition coefficient (Wildman–Crippen LogP) is 3.83. The van der Waals surface area contributed by atoms with Crippen LogP contribution in [0.4, 0.5) is 0 Å². The highest BCUT2D eigenvalue weighted by molar-refractivity contribution is 5.83. The van der Waals surface area contributed by atoms with Gasteiger partial charge in [-0.15, -0.1) is 0 Å². The highest BCUT2D eigenvalue weighted by Crippen LogP contribution is 2.18. The molecule has 2 nitrogen and oxygen atoms in total. The minimum atomic E-state index is 0.634. The molecule has 18 heavy (non-hydrogen) atoms. The number of fused-ring (bicyclic) bond motifs is 1. The van der Waals surface area contributed by atoms with Crippen LogP contribution in [0.25, 0.3) is 10.9 Å². The third-order valence-corrected chi connectivity index (χ3v) is 3.58. The first-order chi connectivity index (χ1) is 8.72. The van der Waals surface area contributed by atoms with Gasteiger partial charge in [-0.3, -0.25) is 0 Å². The molecule has 0 unspecified atom stereocenters. The standard InChI is InChI=1S/C16H24N2/c1-4-10-18(13(2)3)11-9-14-12-17-16-8-6-5-7-15(14)16/h5-8,12-13,17H,4,9-11H2,1-3H3. The van der Waals surface area contributed by atoms with E-state index in [0.29, 0.717) is 6.04 Å². The summed E-state index contributed by atoms with van der Waals surface area (Å²) in [5.41, 5.74) is 2.69. The van der Waals surface area contributed by atoms with Crippen molar-refractivity contribution < 1.29 is 0 Å². The normalized spacial score (nSPS) is 11.8. The molecule has 2 aromatic rings. The van der Waals surface area contributed by atoms with Gasteiger partial charge in [0.25, 0.3) is 0 Å². The van der Waals surface area contributed by atoms with Gasteiger partial charge in [-0.05, 0) is 44.9 Å². The van der Waals surface area contributed by atoms with Gasteiger partial charge in [-0.2, -0.15) is 0 Å². The van der Waals surface area contributed by atoms with Crippen LogP contribution in [0.1, 0.15) is 32.8 Å². The summed E-state index contributed by atoms with van der Waals surface area (Å²) < 4.78 is 0. The molecule has 0 aliphatic rings. The number of hydrogen-bond acceptors (Lipinski definition) is 1. The molecule has 1 N–H and O–H groups in total. The van der Waals surface area contributed by atoms with Gasteiger partial charge < -0.3 is 9.88 Å². The first-order valence-corrected chi connectivity index (χ1v) is 7.01. The van der Waals surface area contributed by atoms with Crippen molar-refractivity contribution in [2.24, 2.45) is 0 Å². The number of nitrogens with one attached hydrogen (secondary N) is 1. The van der Waals surface area contributed by atoms with Gasteiger partial charge in [0.05, 0.1) is 0 Å². The molecule has 2 heteroatoms. The molecule has 2 rings (SSSR count). The van der Waals surface area contributed by atoms with E-state index in [1.807, 2.05) is 0 Å². The van der Waals surface area contributed by atoms with Crippen LogP contribution < -0.4 is 0 Å². The van der Waals surface area contributed by atoms with Crippen LogP contribution in [0.5, 0.6) is 0 Å². The highest BCUT2D eigenvalue weighted by Gasteiger charge is 2.09. The second kappa shape index (κ2) is 6.05. The highest BCUT2D eigenvalue weighted by atomic mass is 15.1. The van der Waals surface area contributed by atoms with Crippen LogP contribution in [-0.4, -0.2) is 29.0 Å². The maximum absolute atomic E-state index is 3.35. The Morgan fingerprint density at radius 2 is 1.94 bits per heavy atom. The van der Waals surface area contributed by atoms with Crippen LogP contribution in [-0.2, 0) is 6.42 Å². The molecule has 0 saturated carbocycles. The average Bonchev–Trinajstić information content (AvgIpc) is 2.77. The Bertz CT molecular complexity index is 485. The summed E-state index contributed by atoms with van der Waals surface area (Å²) in [7, 11) is 0. The van der Waals surface area contributed by atoms with Crippen LogP contribution >= 0.6 is 0 Å². The number of nitrogens with zero attached hydrogens (tertiary/aromatic N) is 1. The summed E-state index contributed by atoms with van der Waals surface area (Å²) in [6, 6.07) is 9.19. The van der Waals surface area contributed by atoms with Gasteiger partial charge in [0, 0.05) is 29.7 Å². The number of benzene rings is 1.